The van der Waals surface area contributed by atoms with Gasteiger partial charge < -0.3 is 4.42 Å². The number of fused-ring (bicyclic) bond motifs is 6. The van der Waals surface area contributed by atoms with Gasteiger partial charge in [-0.1, -0.05) is 140 Å². The first-order valence-electron chi connectivity index (χ1n) is 16.6. The molecule has 0 aliphatic rings. The minimum absolute atomic E-state index is 0.603. The van der Waals surface area contributed by atoms with Crippen molar-refractivity contribution >= 4 is 53.4 Å². The average molecular weight is 658 g/mol. The van der Waals surface area contributed by atoms with Crippen LogP contribution < -0.4 is 0 Å². The van der Waals surface area contributed by atoms with E-state index < -0.39 is 0 Å². The second-order valence-corrected chi connectivity index (χ2v) is 13.4. The van der Waals surface area contributed by atoms with Gasteiger partial charge in [-0.15, -0.1) is 11.3 Å². The van der Waals surface area contributed by atoms with E-state index in [1.165, 1.54) is 20.2 Å². The number of nitrogens with zero attached hydrogens (tertiary/aromatic N) is 3. The molecular formula is C45H27N3OS. The Labute approximate surface area is 292 Å². The lowest BCUT2D eigenvalue weighted by atomic mass is 9.90. The molecule has 0 fully saturated rings. The first kappa shape index (κ1) is 28.6. The molecule has 0 spiro atoms. The van der Waals surface area contributed by atoms with Crippen molar-refractivity contribution in [1.82, 2.24) is 15.0 Å². The monoisotopic (exact) mass is 657 g/mol. The van der Waals surface area contributed by atoms with Crippen LogP contribution in [0, 0.1) is 0 Å². The van der Waals surface area contributed by atoms with Crippen LogP contribution in [0.2, 0.25) is 0 Å². The van der Waals surface area contributed by atoms with Crippen molar-refractivity contribution in [3.63, 3.8) is 0 Å². The van der Waals surface area contributed by atoms with Gasteiger partial charge in [0.15, 0.2) is 17.5 Å². The fourth-order valence-electron chi connectivity index (χ4n) is 7.03. The summed E-state index contributed by atoms with van der Waals surface area (Å²) >= 11 is 1.82. The quantitative estimate of drug-likeness (QED) is 0.185. The van der Waals surface area contributed by atoms with Gasteiger partial charge in [0.25, 0.3) is 0 Å². The molecule has 0 aliphatic carbocycles. The molecule has 0 atom stereocenters. The van der Waals surface area contributed by atoms with Crippen LogP contribution in [0.1, 0.15) is 0 Å². The highest BCUT2D eigenvalue weighted by molar-refractivity contribution is 7.25. The zero-order valence-corrected chi connectivity index (χ0v) is 27.6. The van der Waals surface area contributed by atoms with Gasteiger partial charge in [-0.25, -0.2) is 15.0 Å². The predicted molar refractivity (Wildman–Crippen MR) is 207 cm³/mol. The van der Waals surface area contributed by atoms with Gasteiger partial charge in [0.1, 0.15) is 11.2 Å². The predicted octanol–water partition coefficient (Wildman–Crippen LogP) is 12.5. The highest BCUT2D eigenvalue weighted by atomic mass is 32.1. The molecule has 0 saturated carbocycles. The molecule has 0 unspecified atom stereocenters. The maximum atomic E-state index is 6.60. The fourth-order valence-corrected chi connectivity index (χ4v) is 8.12. The molecule has 0 saturated heterocycles. The van der Waals surface area contributed by atoms with Crippen molar-refractivity contribution in [2.75, 3.05) is 0 Å². The fraction of sp³-hybridized carbons (Fsp3) is 0. The summed E-state index contributed by atoms with van der Waals surface area (Å²) in [6.07, 6.45) is 0. The Bertz CT molecular complexity index is 2820. The molecule has 0 amide bonds. The lowest BCUT2D eigenvalue weighted by molar-refractivity contribution is 0.670. The van der Waals surface area contributed by atoms with Crippen LogP contribution in [0.3, 0.4) is 0 Å². The van der Waals surface area contributed by atoms with E-state index in [2.05, 4.69) is 91.0 Å². The largest absolute Gasteiger partial charge is 0.455 e. The number of aromatic nitrogens is 3. The molecule has 0 aliphatic heterocycles. The molecule has 10 rings (SSSR count). The number of para-hydroxylation sites is 2. The molecule has 4 nitrogen and oxygen atoms in total. The highest BCUT2D eigenvalue weighted by Crippen LogP contribution is 2.45. The third-order valence-electron chi connectivity index (χ3n) is 9.37. The summed E-state index contributed by atoms with van der Waals surface area (Å²) < 4.78 is 9.15. The number of hydrogen-bond acceptors (Lipinski definition) is 5. The summed E-state index contributed by atoms with van der Waals surface area (Å²) in [5.74, 6) is 1.85. The van der Waals surface area contributed by atoms with E-state index in [4.69, 9.17) is 19.4 Å². The third kappa shape index (κ3) is 4.71. The van der Waals surface area contributed by atoms with Crippen LogP contribution in [-0.4, -0.2) is 15.0 Å². The molecule has 234 valence electrons. The smallest absolute Gasteiger partial charge is 0.165 e. The van der Waals surface area contributed by atoms with Crippen molar-refractivity contribution in [2.45, 2.75) is 0 Å². The van der Waals surface area contributed by atoms with Crippen LogP contribution in [-0.2, 0) is 0 Å². The van der Waals surface area contributed by atoms with E-state index >= 15 is 0 Å². The van der Waals surface area contributed by atoms with Gasteiger partial charge in [0.2, 0.25) is 0 Å². The number of thiophene rings is 1. The van der Waals surface area contributed by atoms with Crippen molar-refractivity contribution in [3.8, 4) is 56.4 Å². The van der Waals surface area contributed by atoms with E-state index in [1.54, 1.807) is 0 Å². The summed E-state index contributed by atoms with van der Waals surface area (Å²) in [5.41, 5.74) is 8.60. The highest BCUT2D eigenvalue weighted by Gasteiger charge is 2.23. The van der Waals surface area contributed by atoms with Crippen LogP contribution in [0.5, 0.6) is 0 Å². The molecular weight excluding hydrogens is 631 g/mol. The molecule has 7 aromatic carbocycles. The first-order chi connectivity index (χ1) is 24.8. The van der Waals surface area contributed by atoms with E-state index in [0.29, 0.717) is 17.5 Å². The van der Waals surface area contributed by atoms with Crippen LogP contribution in [0.25, 0.3) is 98.5 Å². The van der Waals surface area contributed by atoms with Gasteiger partial charge in [0, 0.05) is 53.2 Å². The molecule has 0 N–H and O–H groups in total. The van der Waals surface area contributed by atoms with Gasteiger partial charge in [0.05, 0.1) is 0 Å². The second kappa shape index (κ2) is 11.6. The average Bonchev–Trinajstić information content (AvgIpc) is 3.76. The second-order valence-electron chi connectivity index (χ2n) is 12.4. The number of hydrogen-bond donors (Lipinski definition) is 0. The topological polar surface area (TPSA) is 51.8 Å². The Morgan fingerprint density at radius 3 is 1.74 bits per heavy atom. The Balaban J connectivity index is 1.30. The zero-order valence-electron chi connectivity index (χ0n) is 26.7. The molecule has 0 bridgehead atoms. The Kier molecular flexibility index (Phi) is 6.64. The van der Waals surface area contributed by atoms with Crippen molar-refractivity contribution in [1.29, 1.82) is 0 Å². The Morgan fingerprint density at radius 1 is 0.380 bits per heavy atom. The minimum Gasteiger partial charge on any atom is -0.455 e. The summed E-state index contributed by atoms with van der Waals surface area (Å²) in [7, 11) is 0. The Hall–Kier alpha value is -6.43. The number of benzene rings is 7. The van der Waals surface area contributed by atoms with Crippen molar-refractivity contribution < 1.29 is 4.42 Å². The molecule has 10 aromatic rings. The number of furan rings is 1. The molecule has 0 radical (unpaired) electrons. The summed E-state index contributed by atoms with van der Waals surface area (Å²) in [6.45, 7) is 0. The lowest BCUT2D eigenvalue weighted by Crippen LogP contribution is -2.02. The van der Waals surface area contributed by atoms with Gasteiger partial charge in [-0.3, -0.25) is 0 Å². The number of rotatable bonds is 5. The van der Waals surface area contributed by atoms with Crippen LogP contribution in [0.15, 0.2) is 168 Å². The van der Waals surface area contributed by atoms with Gasteiger partial charge in [-0.2, -0.15) is 0 Å². The van der Waals surface area contributed by atoms with Gasteiger partial charge >= 0.3 is 0 Å². The zero-order chi connectivity index (χ0) is 33.0. The maximum absolute atomic E-state index is 6.60. The molecule has 3 aromatic heterocycles. The summed E-state index contributed by atoms with van der Waals surface area (Å²) in [5, 5.41) is 4.67. The van der Waals surface area contributed by atoms with E-state index in [-0.39, 0.29) is 0 Å². The standard InChI is InChI=1S/C45H27N3OS/c1-3-13-28(14-4-1)43-46-44(29-15-5-2-6-16-29)48-45(47-43)41-31(30-25-26-40-37(27-30)33-18-8-10-24-39(33)50-40)19-11-20-34(41)36-22-12-21-35-32-17-7-9-23-38(32)49-42(35)36/h1-27H. The van der Waals surface area contributed by atoms with Crippen LogP contribution in [0.4, 0.5) is 0 Å². The van der Waals surface area contributed by atoms with Gasteiger partial charge in [-0.05, 0) is 41.0 Å². The molecule has 5 heteroatoms. The van der Waals surface area contributed by atoms with E-state index in [9.17, 15) is 0 Å². The van der Waals surface area contributed by atoms with Crippen molar-refractivity contribution in [3.05, 3.63) is 164 Å². The SMILES string of the molecule is c1ccc(-c2nc(-c3ccccc3)nc(-c3c(-c4ccc5sc6ccccc6c5c4)cccc3-c3cccc4c3oc3ccccc34)n2)cc1. The summed E-state index contributed by atoms with van der Waals surface area (Å²) in [6, 6.07) is 56.7. The third-order valence-corrected chi connectivity index (χ3v) is 10.5. The van der Waals surface area contributed by atoms with E-state index in [0.717, 1.165) is 60.9 Å². The Morgan fingerprint density at radius 2 is 0.960 bits per heavy atom. The summed E-state index contributed by atoms with van der Waals surface area (Å²) in [4.78, 5) is 15.5. The lowest BCUT2D eigenvalue weighted by Gasteiger charge is -2.17. The molecule has 3 heterocycles. The normalized spacial score (nSPS) is 11.6. The maximum Gasteiger partial charge on any atom is 0.165 e. The van der Waals surface area contributed by atoms with E-state index in [1.807, 2.05) is 84.1 Å². The molecule has 50 heavy (non-hydrogen) atoms. The minimum atomic E-state index is 0.603. The van der Waals surface area contributed by atoms with Crippen LogP contribution >= 0.6 is 11.3 Å². The van der Waals surface area contributed by atoms with Crippen molar-refractivity contribution in [2.24, 2.45) is 0 Å². The first-order valence-corrected chi connectivity index (χ1v) is 17.4.